The summed E-state index contributed by atoms with van der Waals surface area (Å²) in [6.45, 7) is 1.70. The topological polar surface area (TPSA) is 61.4 Å². The Morgan fingerprint density at radius 1 is 1.25 bits per heavy atom. The van der Waals surface area contributed by atoms with Gasteiger partial charge in [0.25, 0.3) is 0 Å². The molecule has 2 saturated heterocycles. The zero-order valence-corrected chi connectivity index (χ0v) is 11.4. The molecule has 0 aliphatic carbocycles. The first-order valence-electron chi connectivity index (χ1n) is 7.19. The Morgan fingerprint density at radius 3 is 2.65 bits per heavy atom. The Bertz CT molecular complexity index is 506. The molecule has 1 unspecified atom stereocenters. The van der Waals surface area contributed by atoms with Crippen LogP contribution in [0.1, 0.15) is 25.7 Å². The van der Waals surface area contributed by atoms with Crippen molar-refractivity contribution < 1.29 is 9.59 Å². The lowest BCUT2D eigenvalue weighted by atomic mass is 10.2. The maximum atomic E-state index is 12.0. The summed E-state index contributed by atoms with van der Waals surface area (Å²) in [5.74, 6) is 0.199. The molecule has 5 nitrogen and oxygen atoms in total. The molecule has 0 aromatic heterocycles. The fourth-order valence-corrected chi connectivity index (χ4v) is 2.78. The first-order valence-corrected chi connectivity index (χ1v) is 7.19. The zero-order valence-electron chi connectivity index (χ0n) is 11.4. The van der Waals surface area contributed by atoms with Gasteiger partial charge in [-0.15, -0.1) is 0 Å². The molecule has 5 heteroatoms. The highest BCUT2D eigenvalue weighted by molar-refractivity contribution is 5.97. The third-order valence-corrected chi connectivity index (χ3v) is 3.90. The Morgan fingerprint density at radius 2 is 2.05 bits per heavy atom. The lowest BCUT2D eigenvalue weighted by Gasteiger charge is -2.16. The normalized spacial score (nSPS) is 22.3. The van der Waals surface area contributed by atoms with Crippen molar-refractivity contribution >= 4 is 23.2 Å². The SMILES string of the molecule is O=C(Nc1ccc(N2CCCC2=O)cc1)C1CCCN1. The van der Waals surface area contributed by atoms with Gasteiger partial charge in [0.15, 0.2) is 0 Å². The van der Waals surface area contributed by atoms with Gasteiger partial charge in [0.2, 0.25) is 11.8 Å². The molecule has 2 aliphatic rings. The molecule has 106 valence electrons. The van der Waals surface area contributed by atoms with Crippen molar-refractivity contribution in [2.24, 2.45) is 0 Å². The van der Waals surface area contributed by atoms with Crippen molar-refractivity contribution in [3.8, 4) is 0 Å². The number of hydrogen-bond acceptors (Lipinski definition) is 3. The molecule has 2 N–H and O–H groups in total. The quantitative estimate of drug-likeness (QED) is 0.877. The molecule has 1 atom stereocenters. The molecule has 0 spiro atoms. The van der Waals surface area contributed by atoms with Crippen LogP contribution in [0.4, 0.5) is 11.4 Å². The van der Waals surface area contributed by atoms with Crippen molar-refractivity contribution in [2.45, 2.75) is 31.7 Å². The average molecular weight is 273 g/mol. The van der Waals surface area contributed by atoms with Crippen LogP contribution < -0.4 is 15.5 Å². The second kappa shape index (κ2) is 5.63. The molecule has 1 aromatic rings. The Hall–Kier alpha value is -1.88. The van der Waals surface area contributed by atoms with E-state index < -0.39 is 0 Å². The summed E-state index contributed by atoms with van der Waals surface area (Å²) >= 11 is 0. The van der Waals surface area contributed by atoms with Crippen LogP contribution >= 0.6 is 0 Å². The number of amides is 2. The van der Waals surface area contributed by atoms with E-state index in [9.17, 15) is 9.59 Å². The third-order valence-electron chi connectivity index (χ3n) is 3.90. The minimum absolute atomic E-state index is 0.0208. The highest BCUT2D eigenvalue weighted by Crippen LogP contribution is 2.23. The Kier molecular flexibility index (Phi) is 3.69. The zero-order chi connectivity index (χ0) is 13.9. The summed E-state index contributed by atoms with van der Waals surface area (Å²) in [6, 6.07) is 7.42. The predicted octanol–water partition coefficient (Wildman–Crippen LogP) is 1.50. The monoisotopic (exact) mass is 273 g/mol. The van der Waals surface area contributed by atoms with Crippen LogP contribution in [-0.4, -0.2) is 30.9 Å². The van der Waals surface area contributed by atoms with Crippen LogP contribution in [0.25, 0.3) is 0 Å². The van der Waals surface area contributed by atoms with E-state index >= 15 is 0 Å². The lowest BCUT2D eigenvalue weighted by Crippen LogP contribution is -2.35. The van der Waals surface area contributed by atoms with Gasteiger partial charge in [-0.1, -0.05) is 0 Å². The van der Waals surface area contributed by atoms with Crippen molar-refractivity contribution in [3.63, 3.8) is 0 Å². The van der Waals surface area contributed by atoms with Crippen molar-refractivity contribution in [2.75, 3.05) is 23.3 Å². The van der Waals surface area contributed by atoms with Crippen LogP contribution in [0.3, 0.4) is 0 Å². The molecule has 20 heavy (non-hydrogen) atoms. The molecule has 2 aliphatic heterocycles. The van der Waals surface area contributed by atoms with Crippen LogP contribution in [0, 0.1) is 0 Å². The van der Waals surface area contributed by atoms with Crippen LogP contribution in [0.15, 0.2) is 24.3 Å². The van der Waals surface area contributed by atoms with Gasteiger partial charge >= 0.3 is 0 Å². The lowest BCUT2D eigenvalue weighted by molar-refractivity contribution is -0.118. The molecule has 2 amide bonds. The molecule has 0 bridgehead atoms. The van der Waals surface area contributed by atoms with Gasteiger partial charge in [-0.25, -0.2) is 0 Å². The second-order valence-corrected chi connectivity index (χ2v) is 5.33. The molecule has 0 radical (unpaired) electrons. The van der Waals surface area contributed by atoms with Gasteiger partial charge in [-0.2, -0.15) is 0 Å². The molecule has 2 fully saturated rings. The minimum atomic E-state index is -0.0742. The number of nitrogens with zero attached hydrogens (tertiary/aromatic N) is 1. The number of anilines is 2. The van der Waals surface area contributed by atoms with Crippen LogP contribution in [0.5, 0.6) is 0 Å². The summed E-state index contributed by atoms with van der Waals surface area (Å²) < 4.78 is 0. The fourth-order valence-electron chi connectivity index (χ4n) is 2.78. The van der Waals surface area contributed by atoms with Crippen LogP contribution in [-0.2, 0) is 9.59 Å². The number of carbonyl (C=O) groups is 2. The summed E-state index contributed by atoms with van der Waals surface area (Å²) in [6.07, 6.45) is 3.50. The fraction of sp³-hybridized carbons (Fsp3) is 0.467. The summed E-state index contributed by atoms with van der Waals surface area (Å²) in [5.41, 5.74) is 1.68. The van der Waals surface area contributed by atoms with E-state index in [1.54, 1.807) is 4.90 Å². The minimum Gasteiger partial charge on any atom is -0.325 e. The maximum Gasteiger partial charge on any atom is 0.241 e. The molecule has 0 saturated carbocycles. The second-order valence-electron chi connectivity index (χ2n) is 5.33. The van der Waals surface area contributed by atoms with Gasteiger partial charge in [-0.05, 0) is 50.1 Å². The Balaban J connectivity index is 1.63. The number of rotatable bonds is 3. The molecule has 3 rings (SSSR count). The molecule has 1 aromatic carbocycles. The highest BCUT2D eigenvalue weighted by Gasteiger charge is 2.23. The van der Waals surface area contributed by atoms with E-state index in [1.807, 2.05) is 24.3 Å². The van der Waals surface area contributed by atoms with E-state index in [1.165, 1.54) is 0 Å². The number of carbonyl (C=O) groups excluding carboxylic acids is 2. The van der Waals surface area contributed by atoms with E-state index in [-0.39, 0.29) is 17.9 Å². The predicted molar refractivity (Wildman–Crippen MR) is 77.7 cm³/mol. The molecule has 2 heterocycles. The van der Waals surface area contributed by atoms with Gasteiger partial charge < -0.3 is 15.5 Å². The average Bonchev–Trinajstić information content (AvgIpc) is 3.11. The highest BCUT2D eigenvalue weighted by atomic mass is 16.2. The number of nitrogens with one attached hydrogen (secondary N) is 2. The van der Waals surface area contributed by atoms with Gasteiger partial charge in [0, 0.05) is 24.3 Å². The smallest absolute Gasteiger partial charge is 0.241 e. The summed E-state index contributed by atoms with van der Waals surface area (Å²) in [4.78, 5) is 25.4. The first kappa shape index (κ1) is 13.1. The van der Waals surface area contributed by atoms with E-state index in [4.69, 9.17) is 0 Å². The molecular formula is C15H19N3O2. The van der Waals surface area contributed by atoms with Gasteiger partial charge in [-0.3, -0.25) is 9.59 Å². The van der Waals surface area contributed by atoms with Gasteiger partial charge in [0.05, 0.1) is 6.04 Å². The van der Waals surface area contributed by atoms with E-state index in [0.29, 0.717) is 6.42 Å². The summed E-state index contributed by atoms with van der Waals surface area (Å²) in [7, 11) is 0. The van der Waals surface area contributed by atoms with E-state index in [0.717, 1.165) is 43.7 Å². The largest absolute Gasteiger partial charge is 0.325 e. The van der Waals surface area contributed by atoms with Crippen molar-refractivity contribution in [1.29, 1.82) is 0 Å². The third kappa shape index (κ3) is 2.67. The van der Waals surface area contributed by atoms with Crippen molar-refractivity contribution in [1.82, 2.24) is 5.32 Å². The van der Waals surface area contributed by atoms with Crippen molar-refractivity contribution in [3.05, 3.63) is 24.3 Å². The van der Waals surface area contributed by atoms with Gasteiger partial charge in [0.1, 0.15) is 0 Å². The first-order chi connectivity index (χ1) is 9.74. The number of benzene rings is 1. The summed E-state index contributed by atoms with van der Waals surface area (Å²) in [5, 5.41) is 6.08. The number of hydrogen-bond donors (Lipinski definition) is 2. The molecular weight excluding hydrogens is 254 g/mol. The standard InChI is InChI=1S/C15H19N3O2/c19-14-4-2-10-18(14)12-7-5-11(6-8-12)17-15(20)13-3-1-9-16-13/h5-8,13,16H,1-4,9-10H2,(H,17,20). The van der Waals surface area contributed by atoms with Crippen LogP contribution in [0.2, 0.25) is 0 Å². The maximum absolute atomic E-state index is 12.0. The van der Waals surface area contributed by atoms with E-state index in [2.05, 4.69) is 10.6 Å². The Labute approximate surface area is 118 Å².